The Morgan fingerprint density at radius 1 is 1.71 bits per heavy atom. The van der Waals surface area contributed by atoms with Crippen LogP contribution in [0, 0.1) is 0 Å². The van der Waals surface area contributed by atoms with Crippen molar-refractivity contribution in [3.63, 3.8) is 0 Å². The van der Waals surface area contributed by atoms with E-state index in [-0.39, 0.29) is 18.1 Å². The zero-order valence-corrected chi connectivity index (χ0v) is 8.37. The van der Waals surface area contributed by atoms with Gasteiger partial charge in [0.2, 0.25) is 0 Å². The second-order valence-electron chi connectivity index (χ2n) is 3.62. The Kier molecular flexibility index (Phi) is 3.11. The molecular formula is C10H14O4. The molecule has 0 aromatic rings. The largest absolute Gasteiger partial charge is 0.477 e. The molecule has 1 fully saturated rings. The molecule has 14 heavy (non-hydrogen) atoms. The Labute approximate surface area is 82.8 Å². The summed E-state index contributed by atoms with van der Waals surface area (Å²) in [6.07, 6.45) is 0.0628. The van der Waals surface area contributed by atoms with E-state index in [9.17, 15) is 4.79 Å². The third-order valence-corrected chi connectivity index (χ3v) is 1.97. The Morgan fingerprint density at radius 2 is 2.36 bits per heavy atom. The van der Waals surface area contributed by atoms with Crippen molar-refractivity contribution >= 4 is 5.97 Å². The first-order valence-electron chi connectivity index (χ1n) is 4.38. The highest BCUT2D eigenvalue weighted by Gasteiger charge is 2.33. The summed E-state index contributed by atoms with van der Waals surface area (Å²) in [7, 11) is 0. The van der Waals surface area contributed by atoms with Crippen LogP contribution >= 0.6 is 0 Å². The van der Waals surface area contributed by atoms with E-state index >= 15 is 0 Å². The van der Waals surface area contributed by atoms with E-state index in [4.69, 9.17) is 14.6 Å². The van der Waals surface area contributed by atoms with E-state index in [0.717, 1.165) is 0 Å². The number of ether oxygens (including phenoxy) is 2. The van der Waals surface area contributed by atoms with Gasteiger partial charge in [-0.3, -0.25) is 0 Å². The standard InChI is InChI=1S/C10H14O4/c1-4-7(9(11)12)5-8-6-13-10(2,3)14-8/h8H,1,5-6H2,2-3H3,(H,11,12). The molecule has 1 heterocycles. The maximum Gasteiger partial charge on any atom is 0.339 e. The maximum atomic E-state index is 10.6. The van der Waals surface area contributed by atoms with Crippen LogP contribution < -0.4 is 0 Å². The van der Waals surface area contributed by atoms with Crippen LogP contribution in [0.1, 0.15) is 20.3 Å². The zero-order valence-electron chi connectivity index (χ0n) is 8.37. The van der Waals surface area contributed by atoms with Gasteiger partial charge >= 0.3 is 5.97 Å². The summed E-state index contributed by atoms with van der Waals surface area (Å²) < 4.78 is 10.8. The third kappa shape index (κ3) is 2.70. The third-order valence-electron chi connectivity index (χ3n) is 1.97. The molecule has 0 bridgehead atoms. The summed E-state index contributed by atoms with van der Waals surface area (Å²) in [4.78, 5) is 10.6. The molecule has 0 spiro atoms. The molecule has 1 unspecified atom stereocenters. The quantitative estimate of drug-likeness (QED) is 0.549. The predicted molar refractivity (Wildman–Crippen MR) is 49.8 cm³/mol. The van der Waals surface area contributed by atoms with Crippen molar-refractivity contribution in [3.05, 3.63) is 17.9 Å². The molecule has 0 radical (unpaired) electrons. The van der Waals surface area contributed by atoms with Crippen LogP contribution in [-0.2, 0) is 14.3 Å². The van der Waals surface area contributed by atoms with Crippen molar-refractivity contribution in [1.29, 1.82) is 0 Å². The highest BCUT2D eigenvalue weighted by molar-refractivity contribution is 5.86. The molecule has 1 rings (SSSR count). The molecule has 4 nitrogen and oxygen atoms in total. The van der Waals surface area contributed by atoms with Gasteiger partial charge in [0.05, 0.1) is 18.3 Å². The number of carboxylic acids is 1. The number of aliphatic carboxylic acids is 1. The molecule has 0 aromatic heterocycles. The number of carbonyl (C=O) groups is 1. The lowest BCUT2D eigenvalue weighted by molar-refractivity contribution is -0.140. The van der Waals surface area contributed by atoms with Gasteiger partial charge in [-0.25, -0.2) is 4.79 Å². The van der Waals surface area contributed by atoms with Crippen molar-refractivity contribution in [3.8, 4) is 0 Å². The second-order valence-corrected chi connectivity index (χ2v) is 3.62. The average Bonchev–Trinajstić information content (AvgIpc) is 2.41. The van der Waals surface area contributed by atoms with Crippen molar-refractivity contribution in [2.24, 2.45) is 0 Å². The first-order valence-corrected chi connectivity index (χ1v) is 4.38. The average molecular weight is 198 g/mol. The normalized spacial score (nSPS) is 24.3. The van der Waals surface area contributed by atoms with Crippen LogP contribution in [0.2, 0.25) is 0 Å². The summed E-state index contributed by atoms with van der Waals surface area (Å²) in [5.74, 6) is -1.62. The van der Waals surface area contributed by atoms with E-state index in [1.165, 1.54) is 0 Å². The molecule has 0 saturated carbocycles. The monoisotopic (exact) mass is 198 g/mol. The van der Waals surface area contributed by atoms with Crippen molar-refractivity contribution in [2.75, 3.05) is 6.61 Å². The highest BCUT2D eigenvalue weighted by atomic mass is 16.7. The summed E-state index contributed by atoms with van der Waals surface area (Å²) in [6, 6.07) is 0. The lowest BCUT2D eigenvalue weighted by atomic mass is 10.1. The van der Waals surface area contributed by atoms with Gasteiger partial charge in [-0.2, -0.15) is 0 Å². The van der Waals surface area contributed by atoms with Crippen LogP contribution in [-0.4, -0.2) is 29.6 Å². The van der Waals surface area contributed by atoms with Gasteiger partial charge in [-0.15, -0.1) is 5.73 Å². The molecule has 78 valence electrons. The first kappa shape index (κ1) is 11.0. The van der Waals surface area contributed by atoms with Crippen LogP contribution in [0.5, 0.6) is 0 Å². The van der Waals surface area contributed by atoms with Gasteiger partial charge in [0, 0.05) is 6.42 Å². The SMILES string of the molecule is C=C=C(CC1COC(C)(C)O1)C(=O)O. The number of rotatable bonds is 3. The molecule has 1 aliphatic rings. The molecule has 4 heteroatoms. The first-order chi connectivity index (χ1) is 6.44. The molecule has 0 amide bonds. The molecule has 1 saturated heterocycles. The Hall–Kier alpha value is -1.09. The zero-order chi connectivity index (χ0) is 10.8. The van der Waals surface area contributed by atoms with Gasteiger partial charge in [0.1, 0.15) is 0 Å². The molecule has 1 N–H and O–H groups in total. The van der Waals surface area contributed by atoms with Gasteiger partial charge in [0.25, 0.3) is 0 Å². The van der Waals surface area contributed by atoms with Crippen LogP contribution in [0.25, 0.3) is 0 Å². The number of carboxylic acid groups (broad SMARTS) is 1. The van der Waals surface area contributed by atoms with Crippen molar-refractivity contribution < 1.29 is 19.4 Å². The minimum absolute atomic E-state index is 0.135. The molecule has 0 aromatic carbocycles. The summed E-state index contributed by atoms with van der Waals surface area (Å²) in [6.45, 7) is 7.32. The highest BCUT2D eigenvalue weighted by Crippen LogP contribution is 2.25. The molecular weight excluding hydrogens is 184 g/mol. The fraction of sp³-hybridized carbons (Fsp3) is 0.600. The summed E-state index contributed by atoms with van der Waals surface area (Å²) in [5.41, 5.74) is 2.52. The van der Waals surface area contributed by atoms with Gasteiger partial charge < -0.3 is 14.6 Å². The maximum absolute atomic E-state index is 10.6. The summed E-state index contributed by atoms with van der Waals surface area (Å²) in [5, 5.41) is 8.73. The fourth-order valence-electron chi connectivity index (χ4n) is 1.33. The van der Waals surface area contributed by atoms with E-state index in [0.29, 0.717) is 6.61 Å². The topological polar surface area (TPSA) is 55.8 Å². The number of hydrogen-bond acceptors (Lipinski definition) is 3. The molecule has 1 atom stereocenters. The van der Waals surface area contributed by atoms with E-state index in [1.807, 2.05) is 0 Å². The second kappa shape index (κ2) is 3.96. The Bertz CT molecular complexity index is 286. The van der Waals surface area contributed by atoms with E-state index in [1.54, 1.807) is 13.8 Å². The predicted octanol–water partition coefficient (Wildman–Crippen LogP) is 1.32. The number of hydrogen-bond donors (Lipinski definition) is 1. The summed E-state index contributed by atoms with van der Waals surface area (Å²) >= 11 is 0. The minimum atomic E-state index is -1.01. The molecule has 1 aliphatic heterocycles. The van der Waals surface area contributed by atoms with Gasteiger partial charge in [0.15, 0.2) is 5.79 Å². The van der Waals surface area contributed by atoms with Crippen molar-refractivity contribution in [2.45, 2.75) is 32.2 Å². The van der Waals surface area contributed by atoms with Crippen LogP contribution in [0.3, 0.4) is 0 Å². The van der Waals surface area contributed by atoms with E-state index in [2.05, 4.69) is 12.3 Å². The van der Waals surface area contributed by atoms with E-state index < -0.39 is 11.8 Å². The van der Waals surface area contributed by atoms with Crippen LogP contribution in [0.4, 0.5) is 0 Å². The van der Waals surface area contributed by atoms with Crippen molar-refractivity contribution in [1.82, 2.24) is 0 Å². The lowest BCUT2D eigenvalue weighted by Crippen LogP contribution is -2.22. The Morgan fingerprint density at radius 3 is 2.71 bits per heavy atom. The fourth-order valence-corrected chi connectivity index (χ4v) is 1.33. The van der Waals surface area contributed by atoms with Gasteiger partial charge in [-0.1, -0.05) is 6.58 Å². The van der Waals surface area contributed by atoms with Gasteiger partial charge in [-0.05, 0) is 13.8 Å². The molecule has 0 aliphatic carbocycles. The van der Waals surface area contributed by atoms with Crippen LogP contribution in [0.15, 0.2) is 17.9 Å². The smallest absolute Gasteiger partial charge is 0.339 e. The lowest BCUT2D eigenvalue weighted by Gasteiger charge is -2.16. The Balaban J connectivity index is 2.55. The minimum Gasteiger partial charge on any atom is -0.477 e.